The first-order chi connectivity index (χ1) is 7.75. The largest absolute Gasteiger partial charge is 0.328 e. The molecule has 0 aliphatic carbocycles. The van der Waals surface area contributed by atoms with E-state index in [0.29, 0.717) is 6.54 Å². The molecule has 1 rings (SSSR count). The van der Waals surface area contributed by atoms with Crippen LogP contribution in [-0.4, -0.2) is 14.9 Å². The number of hydrogen-bond acceptors (Lipinski definition) is 2. The lowest BCUT2D eigenvalue weighted by atomic mass is 9.82. The molecule has 0 saturated heterocycles. The maximum absolute atomic E-state index is 11.6. The fourth-order valence-electron chi connectivity index (χ4n) is 1.41. The summed E-state index contributed by atoms with van der Waals surface area (Å²) in [6.07, 6.45) is 1.39. The van der Waals surface area contributed by atoms with Crippen LogP contribution in [0.5, 0.6) is 0 Å². The Balaban J connectivity index is 3.07. The maximum Gasteiger partial charge on any atom is 0.328 e. The van der Waals surface area contributed by atoms with Gasteiger partial charge < -0.3 is 0 Å². The number of aromatic amines is 1. The summed E-state index contributed by atoms with van der Waals surface area (Å²) >= 11 is 9.16. The molecule has 1 unspecified atom stereocenters. The highest BCUT2D eigenvalue weighted by molar-refractivity contribution is 9.09. The molecule has 0 radical (unpaired) electrons. The van der Waals surface area contributed by atoms with Gasteiger partial charge in [-0.05, 0) is 11.3 Å². The topological polar surface area (TPSA) is 54.9 Å². The highest BCUT2D eigenvalue weighted by Crippen LogP contribution is 2.28. The molecule has 0 bridgehead atoms. The van der Waals surface area contributed by atoms with E-state index < -0.39 is 11.2 Å². The van der Waals surface area contributed by atoms with E-state index in [9.17, 15) is 9.59 Å². The van der Waals surface area contributed by atoms with Crippen molar-refractivity contribution in [3.05, 3.63) is 32.1 Å². The van der Waals surface area contributed by atoms with Crippen LogP contribution in [0.1, 0.15) is 20.8 Å². The molecule has 0 saturated carbocycles. The number of alkyl halides is 1. The molecule has 0 aromatic carbocycles. The van der Waals surface area contributed by atoms with Crippen molar-refractivity contribution in [2.45, 2.75) is 27.3 Å². The summed E-state index contributed by atoms with van der Waals surface area (Å²) in [5.41, 5.74) is -0.903. The predicted octanol–water partition coefficient (Wildman–Crippen LogP) is 2.25. The lowest BCUT2D eigenvalue weighted by Crippen LogP contribution is -2.35. The molecule has 4 nitrogen and oxygen atoms in total. The summed E-state index contributed by atoms with van der Waals surface area (Å²) in [6.45, 7) is 6.84. The SMILES string of the molecule is CC(C)(C)C(CBr)Cn1cc(Cl)c(=O)[nH]c1=O. The maximum atomic E-state index is 11.6. The first-order valence-corrected chi connectivity index (χ1v) is 6.81. The van der Waals surface area contributed by atoms with Crippen molar-refractivity contribution >= 4 is 27.5 Å². The summed E-state index contributed by atoms with van der Waals surface area (Å²) in [7, 11) is 0. The van der Waals surface area contributed by atoms with Crippen LogP contribution >= 0.6 is 27.5 Å². The third-order valence-electron chi connectivity index (χ3n) is 2.80. The van der Waals surface area contributed by atoms with Crippen LogP contribution in [0.2, 0.25) is 5.02 Å². The fraction of sp³-hybridized carbons (Fsp3) is 0.636. The van der Waals surface area contributed by atoms with Gasteiger partial charge in [0.25, 0.3) is 5.56 Å². The molecule has 0 amide bonds. The van der Waals surface area contributed by atoms with Crippen molar-refractivity contribution in [1.29, 1.82) is 0 Å². The lowest BCUT2D eigenvalue weighted by Gasteiger charge is -2.29. The zero-order valence-corrected chi connectivity index (χ0v) is 12.4. The first kappa shape index (κ1) is 14.5. The molecule has 17 heavy (non-hydrogen) atoms. The summed E-state index contributed by atoms with van der Waals surface area (Å²) in [4.78, 5) is 24.9. The number of rotatable bonds is 3. The van der Waals surface area contributed by atoms with Crippen LogP contribution in [0.4, 0.5) is 0 Å². The van der Waals surface area contributed by atoms with Gasteiger partial charge >= 0.3 is 5.69 Å². The number of aromatic nitrogens is 2. The smallest absolute Gasteiger partial charge is 0.299 e. The van der Waals surface area contributed by atoms with Crippen molar-refractivity contribution in [3.63, 3.8) is 0 Å². The molecule has 0 aliphatic rings. The predicted molar refractivity (Wildman–Crippen MR) is 73.1 cm³/mol. The van der Waals surface area contributed by atoms with Crippen LogP contribution in [0.3, 0.4) is 0 Å². The number of hydrogen-bond donors (Lipinski definition) is 1. The Morgan fingerprint density at radius 1 is 1.47 bits per heavy atom. The zero-order chi connectivity index (χ0) is 13.2. The monoisotopic (exact) mass is 322 g/mol. The minimum absolute atomic E-state index is 0.0341. The van der Waals surface area contributed by atoms with Gasteiger partial charge in [-0.25, -0.2) is 4.79 Å². The van der Waals surface area contributed by atoms with E-state index in [4.69, 9.17) is 11.6 Å². The molecule has 1 aromatic rings. The van der Waals surface area contributed by atoms with Crippen molar-refractivity contribution in [3.8, 4) is 0 Å². The Hall–Kier alpha value is -0.550. The molecule has 1 heterocycles. The Labute approximate surface area is 113 Å². The first-order valence-electron chi connectivity index (χ1n) is 5.31. The van der Waals surface area contributed by atoms with Gasteiger partial charge in [0.2, 0.25) is 0 Å². The minimum atomic E-state index is -0.543. The number of nitrogens with zero attached hydrogens (tertiary/aromatic N) is 1. The average molecular weight is 324 g/mol. The second kappa shape index (κ2) is 5.40. The van der Waals surface area contributed by atoms with Crippen molar-refractivity contribution < 1.29 is 0 Å². The van der Waals surface area contributed by atoms with Gasteiger partial charge in [-0.3, -0.25) is 14.3 Å². The zero-order valence-electron chi connectivity index (χ0n) is 10.1. The van der Waals surface area contributed by atoms with Gasteiger partial charge in [0.15, 0.2) is 0 Å². The van der Waals surface area contributed by atoms with E-state index in [1.54, 1.807) is 0 Å². The van der Waals surface area contributed by atoms with E-state index in [0.717, 1.165) is 5.33 Å². The second-order valence-corrected chi connectivity index (χ2v) is 6.16. The summed E-state index contributed by atoms with van der Waals surface area (Å²) in [5, 5.41) is 0.812. The molecule has 6 heteroatoms. The minimum Gasteiger partial charge on any atom is -0.299 e. The Morgan fingerprint density at radius 3 is 2.53 bits per heavy atom. The molecule has 0 fully saturated rings. The highest BCUT2D eigenvalue weighted by Gasteiger charge is 2.24. The normalized spacial score (nSPS) is 13.7. The van der Waals surface area contributed by atoms with Gasteiger partial charge in [-0.1, -0.05) is 48.3 Å². The van der Waals surface area contributed by atoms with Gasteiger partial charge in [-0.15, -0.1) is 0 Å². The van der Waals surface area contributed by atoms with Crippen molar-refractivity contribution in [1.82, 2.24) is 9.55 Å². The number of H-pyrrole nitrogens is 1. The number of halogens is 2. The van der Waals surface area contributed by atoms with E-state index in [-0.39, 0.29) is 16.4 Å². The van der Waals surface area contributed by atoms with E-state index >= 15 is 0 Å². The van der Waals surface area contributed by atoms with Crippen LogP contribution in [0.15, 0.2) is 15.8 Å². The average Bonchev–Trinajstić information content (AvgIpc) is 2.19. The molecule has 96 valence electrons. The molecular formula is C11H16BrClN2O2. The number of nitrogens with one attached hydrogen (secondary N) is 1. The third-order valence-corrected chi connectivity index (χ3v) is 3.85. The van der Waals surface area contributed by atoms with Crippen LogP contribution < -0.4 is 11.2 Å². The standard InChI is InChI=1S/C11H16BrClN2O2/c1-11(2,3)7(4-12)5-15-6-8(13)9(16)14-10(15)17/h6-7H,4-5H2,1-3H3,(H,14,16,17). The lowest BCUT2D eigenvalue weighted by molar-refractivity contribution is 0.236. The van der Waals surface area contributed by atoms with Gasteiger partial charge in [-0.2, -0.15) is 0 Å². The van der Waals surface area contributed by atoms with Crippen molar-refractivity contribution in [2.24, 2.45) is 11.3 Å². The fourth-order valence-corrected chi connectivity index (χ4v) is 2.75. The molecular weight excluding hydrogens is 307 g/mol. The summed E-state index contributed by atoms with van der Waals surface area (Å²) < 4.78 is 1.45. The molecule has 1 atom stereocenters. The molecule has 1 aromatic heterocycles. The van der Waals surface area contributed by atoms with Crippen LogP contribution in [0.25, 0.3) is 0 Å². The van der Waals surface area contributed by atoms with E-state index in [1.807, 2.05) is 0 Å². The highest BCUT2D eigenvalue weighted by atomic mass is 79.9. The van der Waals surface area contributed by atoms with E-state index in [1.165, 1.54) is 10.8 Å². The quantitative estimate of drug-likeness (QED) is 0.867. The Kier molecular flexibility index (Phi) is 4.61. The van der Waals surface area contributed by atoms with Gasteiger partial charge in [0.05, 0.1) is 0 Å². The Bertz CT molecular complexity index is 501. The second-order valence-electron chi connectivity index (χ2n) is 5.11. The molecule has 0 spiro atoms. The van der Waals surface area contributed by atoms with Crippen LogP contribution in [0, 0.1) is 11.3 Å². The molecule has 0 aliphatic heterocycles. The van der Waals surface area contributed by atoms with E-state index in [2.05, 4.69) is 41.7 Å². The van der Waals surface area contributed by atoms with Gasteiger partial charge in [0.1, 0.15) is 5.02 Å². The summed E-state index contributed by atoms with van der Waals surface area (Å²) in [6, 6.07) is 0. The molecule has 1 N–H and O–H groups in total. The summed E-state index contributed by atoms with van der Waals surface area (Å²) in [5.74, 6) is 0.266. The van der Waals surface area contributed by atoms with Crippen molar-refractivity contribution in [2.75, 3.05) is 5.33 Å². The van der Waals surface area contributed by atoms with Crippen LogP contribution in [-0.2, 0) is 6.54 Å². The Morgan fingerprint density at radius 2 is 2.06 bits per heavy atom. The third kappa shape index (κ3) is 3.71. The van der Waals surface area contributed by atoms with Gasteiger partial charge in [0, 0.05) is 18.1 Å².